The molecule has 0 saturated carbocycles. The Morgan fingerprint density at radius 3 is 2.20 bits per heavy atom. The number of aryl methyl sites for hydroxylation is 1. The topological polar surface area (TPSA) is 30.5 Å². The molecule has 0 aromatic heterocycles. The minimum absolute atomic E-state index is 0.271. The fraction of sp³-hybridized carbons (Fsp3) is 0.625. The van der Waals surface area contributed by atoms with E-state index in [1.807, 2.05) is 0 Å². The molecule has 0 unspecified atom stereocenters. The molecule has 1 saturated heterocycles. The first-order valence-corrected chi connectivity index (χ1v) is 7.42. The van der Waals surface area contributed by atoms with Crippen LogP contribution in [-0.2, 0) is 15.9 Å². The molecule has 110 valence electrons. The van der Waals surface area contributed by atoms with E-state index in [-0.39, 0.29) is 18.3 Å². The maximum atomic E-state index is 6.09. The average molecular weight is 275 g/mol. The molecular formula is C16H26BNO2. The van der Waals surface area contributed by atoms with Crippen molar-refractivity contribution in [2.75, 3.05) is 6.54 Å². The third kappa shape index (κ3) is 2.92. The van der Waals surface area contributed by atoms with Crippen LogP contribution in [0.4, 0.5) is 0 Å². The number of hydrogen-bond donors (Lipinski definition) is 1. The van der Waals surface area contributed by atoms with Crippen molar-refractivity contribution in [3.8, 4) is 0 Å². The highest BCUT2D eigenvalue weighted by Gasteiger charge is 2.51. The first-order valence-electron chi connectivity index (χ1n) is 7.42. The van der Waals surface area contributed by atoms with Gasteiger partial charge in [-0.1, -0.05) is 25.1 Å². The van der Waals surface area contributed by atoms with Crippen LogP contribution < -0.4 is 10.8 Å². The van der Waals surface area contributed by atoms with Crippen molar-refractivity contribution in [2.45, 2.75) is 59.3 Å². The van der Waals surface area contributed by atoms with Gasteiger partial charge in [0.05, 0.1) is 11.2 Å². The lowest BCUT2D eigenvalue weighted by molar-refractivity contribution is 0.00578. The monoisotopic (exact) mass is 275 g/mol. The van der Waals surface area contributed by atoms with E-state index in [0.717, 1.165) is 18.6 Å². The lowest BCUT2D eigenvalue weighted by atomic mass is 9.78. The smallest absolute Gasteiger partial charge is 0.399 e. The van der Waals surface area contributed by atoms with E-state index in [4.69, 9.17) is 9.31 Å². The molecule has 1 aromatic carbocycles. The van der Waals surface area contributed by atoms with Crippen molar-refractivity contribution in [1.29, 1.82) is 0 Å². The van der Waals surface area contributed by atoms with Gasteiger partial charge in [0.25, 0.3) is 0 Å². The molecule has 0 radical (unpaired) electrons. The summed E-state index contributed by atoms with van der Waals surface area (Å²) in [5.74, 6) is 0. The molecule has 1 aromatic rings. The quantitative estimate of drug-likeness (QED) is 0.856. The van der Waals surface area contributed by atoms with E-state index in [1.165, 1.54) is 11.1 Å². The van der Waals surface area contributed by atoms with Gasteiger partial charge < -0.3 is 14.6 Å². The van der Waals surface area contributed by atoms with Gasteiger partial charge >= 0.3 is 7.12 Å². The first-order chi connectivity index (χ1) is 9.27. The molecule has 4 heteroatoms. The number of benzene rings is 1. The summed E-state index contributed by atoms with van der Waals surface area (Å²) in [6, 6.07) is 6.45. The SMILES string of the molecule is CCNCc1ccc(B2OC(C)(C)C(C)(C)O2)cc1C. The number of hydrogen-bond acceptors (Lipinski definition) is 3. The second-order valence-electron chi connectivity index (χ2n) is 6.55. The minimum Gasteiger partial charge on any atom is -0.399 e. The van der Waals surface area contributed by atoms with Gasteiger partial charge in [0.1, 0.15) is 0 Å². The van der Waals surface area contributed by atoms with Gasteiger partial charge in [0.15, 0.2) is 0 Å². The Bertz CT molecular complexity index is 469. The van der Waals surface area contributed by atoms with Crippen LogP contribution >= 0.6 is 0 Å². The molecular weight excluding hydrogens is 249 g/mol. The lowest BCUT2D eigenvalue weighted by Crippen LogP contribution is -2.41. The molecule has 0 spiro atoms. The highest BCUT2D eigenvalue weighted by Crippen LogP contribution is 2.36. The largest absolute Gasteiger partial charge is 0.494 e. The van der Waals surface area contributed by atoms with Crippen LogP contribution in [0.3, 0.4) is 0 Å². The van der Waals surface area contributed by atoms with Gasteiger partial charge in [-0.3, -0.25) is 0 Å². The van der Waals surface area contributed by atoms with E-state index in [1.54, 1.807) is 0 Å². The Morgan fingerprint density at radius 1 is 1.10 bits per heavy atom. The maximum Gasteiger partial charge on any atom is 0.494 e. The molecule has 1 aliphatic rings. The molecule has 20 heavy (non-hydrogen) atoms. The minimum atomic E-state index is -0.284. The molecule has 1 heterocycles. The zero-order valence-electron chi connectivity index (χ0n) is 13.5. The van der Waals surface area contributed by atoms with Crippen LogP contribution in [0, 0.1) is 6.92 Å². The second kappa shape index (κ2) is 5.51. The normalized spacial score (nSPS) is 20.4. The summed E-state index contributed by atoms with van der Waals surface area (Å²) < 4.78 is 12.2. The van der Waals surface area contributed by atoms with E-state index in [9.17, 15) is 0 Å². The molecule has 1 fully saturated rings. The van der Waals surface area contributed by atoms with Gasteiger partial charge in [-0.15, -0.1) is 0 Å². The molecule has 0 aliphatic carbocycles. The standard InChI is InChI=1S/C16H26BNO2/c1-7-18-11-13-8-9-14(10-12(13)2)17-19-15(3,4)16(5,6)20-17/h8-10,18H,7,11H2,1-6H3. The summed E-state index contributed by atoms with van der Waals surface area (Å²) in [5, 5.41) is 3.36. The Labute approximate surface area is 123 Å². The third-order valence-electron chi connectivity index (χ3n) is 4.46. The predicted octanol–water partition coefficient (Wildman–Crippen LogP) is 2.40. The lowest BCUT2D eigenvalue weighted by Gasteiger charge is -2.32. The predicted molar refractivity (Wildman–Crippen MR) is 84.3 cm³/mol. The molecule has 1 N–H and O–H groups in total. The fourth-order valence-electron chi connectivity index (χ4n) is 2.30. The first kappa shape index (κ1) is 15.6. The molecule has 0 atom stereocenters. The van der Waals surface area contributed by atoms with E-state index in [0.29, 0.717) is 0 Å². The summed E-state index contributed by atoms with van der Waals surface area (Å²) in [6.07, 6.45) is 0. The van der Waals surface area contributed by atoms with Gasteiger partial charge in [0, 0.05) is 6.54 Å². The summed E-state index contributed by atoms with van der Waals surface area (Å²) in [7, 11) is -0.271. The van der Waals surface area contributed by atoms with Gasteiger partial charge in [-0.2, -0.15) is 0 Å². The van der Waals surface area contributed by atoms with Crippen molar-refractivity contribution >= 4 is 12.6 Å². The number of nitrogens with one attached hydrogen (secondary N) is 1. The molecule has 0 amide bonds. The van der Waals surface area contributed by atoms with Crippen LogP contribution in [0.25, 0.3) is 0 Å². The van der Waals surface area contributed by atoms with Crippen LogP contribution in [0.2, 0.25) is 0 Å². The van der Waals surface area contributed by atoms with Crippen LogP contribution in [0.1, 0.15) is 45.7 Å². The van der Waals surface area contributed by atoms with Gasteiger partial charge in [-0.05, 0) is 57.8 Å². The Morgan fingerprint density at radius 2 is 1.70 bits per heavy atom. The average Bonchev–Trinajstić information content (AvgIpc) is 2.57. The van der Waals surface area contributed by atoms with Crippen molar-refractivity contribution in [3.63, 3.8) is 0 Å². The summed E-state index contributed by atoms with van der Waals surface area (Å²) in [4.78, 5) is 0. The van der Waals surface area contributed by atoms with Crippen molar-refractivity contribution < 1.29 is 9.31 Å². The zero-order valence-corrected chi connectivity index (χ0v) is 13.5. The summed E-state index contributed by atoms with van der Waals surface area (Å²) in [5.41, 5.74) is 3.13. The van der Waals surface area contributed by atoms with Crippen LogP contribution in [0.5, 0.6) is 0 Å². The maximum absolute atomic E-state index is 6.09. The molecule has 2 rings (SSSR count). The van der Waals surface area contributed by atoms with Crippen molar-refractivity contribution in [3.05, 3.63) is 29.3 Å². The zero-order chi connectivity index (χ0) is 15.0. The molecule has 0 bridgehead atoms. The van der Waals surface area contributed by atoms with Crippen LogP contribution in [0.15, 0.2) is 18.2 Å². The van der Waals surface area contributed by atoms with Crippen LogP contribution in [-0.4, -0.2) is 24.9 Å². The summed E-state index contributed by atoms with van der Waals surface area (Å²) in [6.45, 7) is 14.5. The Kier molecular flexibility index (Phi) is 4.28. The fourth-order valence-corrected chi connectivity index (χ4v) is 2.30. The van der Waals surface area contributed by atoms with Gasteiger partial charge in [0.2, 0.25) is 0 Å². The third-order valence-corrected chi connectivity index (χ3v) is 4.46. The van der Waals surface area contributed by atoms with Gasteiger partial charge in [-0.25, -0.2) is 0 Å². The molecule has 1 aliphatic heterocycles. The van der Waals surface area contributed by atoms with Crippen molar-refractivity contribution in [1.82, 2.24) is 5.32 Å². The Balaban J connectivity index is 2.17. The van der Waals surface area contributed by atoms with E-state index >= 15 is 0 Å². The number of rotatable bonds is 4. The molecule has 3 nitrogen and oxygen atoms in total. The van der Waals surface area contributed by atoms with Crippen molar-refractivity contribution in [2.24, 2.45) is 0 Å². The second-order valence-corrected chi connectivity index (χ2v) is 6.55. The highest BCUT2D eigenvalue weighted by atomic mass is 16.7. The van der Waals surface area contributed by atoms with E-state index < -0.39 is 0 Å². The Hall–Kier alpha value is -0.835. The van der Waals surface area contributed by atoms with E-state index in [2.05, 4.69) is 65.1 Å². The highest BCUT2D eigenvalue weighted by molar-refractivity contribution is 6.62. The summed E-state index contributed by atoms with van der Waals surface area (Å²) >= 11 is 0.